The number of hydrogen-bond acceptors (Lipinski definition) is 4. The van der Waals surface area contributed by atoms with Crippen LogP contribution in [0.1, 0.15) is 31.9 Å². The van der Waals surface area contributed by atoms with Gasteiger partial charge in [0.2, 0.25) is 0 Å². The predicted molar refractivity (Wildman–Crippen MR) is 67.5 cm³/mol. The Morgan fingerprint density at radius 1 is 1.47 bits per heavy atom. The van der Waals surface area contributed by atoms with Crippen molar-refractivity contribution in [2.24, 2.45) is 5.92 Å². The predicted octanol–water partition coefficient (Wildman–Crippen LogP) is 2.16. The van der Waals surface area contributed by atoms with E-state index in [1.807, 2.05) is 12.1 Å². The maximum Gasteiger partial charge on any atom is 0.140 e. The summed E-state index contributed by atoms with van der Waals surface area (Å²) in [7, 11) is 0. The third-order valence-corrected chi connectivity index (χ3v) is 2.71. The summed E-state index contributed by atoms with van der Waals surface area (Å²) >= 11 is 0. The summed E-state index contributed by atoms with van der Waals surface area (Å²) in [6, 6.07) is 5.54. The van der Waals surface area contributed by atoms with E-state index >= 15 is 0 Å². The van der Waals surface area contributed by atoms with Crippen LogP contribution in [0.2, 0.25) is 0 Å². The first kappa shape index (κ1) is 13.5. The Labute approximate surface area is 102 Å². The molecule has 1 unspecified atom stereocenters. The molecule has 92 valence electrons. The second-order valence-corrected chi connectivity index (χ2v) is 4.09. The van der Waals surface area contributed by atoms with Crippen LogP contribution in [0.4, 0.5) is 5.69 Å². The molecule has 4 nitrogen and oxygen atoms in total. The van der Waals surface area contributed by atoms with Gasteiger partial charge < -0.3 is 10.4 Å². The van der Waals surface area contributed by atoms with Crippen molar-refractivity contribution in [3.8, 4) is 6.07 Å². The highest BCUT2D eigenvalue weighted by Gasteiger charge is 2.06. The summed E-state index contributed by atoms with van der Waals surface area (Å²) in [6.07, 6.45) is 4.72. The van der Waals surface area contributed by atoms with Crippen molar-refractivity contribution in [3.63, 3.8) is 0 Å². The molecule has 0 radical (unpaired) electrons. The van der Waals surface area contributed by atoms with Crippen molar-refractivity contribution < 1.29 is 5.11 Å². The van der Waals surface area contributed by atoms with E-state index in [0.717, 1.165) is 31.5 Å². The fraction of sp³-hybridized carbons (Fsp3) is 0.538. The molecule has 1 aromatic heterocycles. The lowest BCUT2D eigenvalue weighted by Gasteiger charge is -2.16. The van der Waals surface area contributed by atoms with Gasteiger partial charge in [-0.05, 0) is 30.9 Å². The molecular formula is C13H19N3O. The van der Waals surface area contributed by atoms with Gasteiger partial charge in [0, 0.05) is 13.2 Å². The van der Waals surface area contributed by atoms with Crippen LogP contribution < -0.4 is 5.32 Å². The van der Waals surface area contributed by atoms with E-state index in [9.17, 15) is 0 Å². The number of hydrogen-bond donors (Lipinski definition) is 2. The van der Waals surface area contributed by atoms with Crippen LogP contribution in [-0.2, 0) is 0 Å². The van der Waals surface area contributed by atoms with Gasteiger partial charge in [0.1, 0.15) is 11.8 Å². The lowest BCUT2D eigenvalue weighted by Crippen LogP contribution is -2.15. The molecule has 0 aliphatic rings. The fourth-order valence-corrected chi connectivity index (χ4v) is 1.77. The normalized spacial score (nSPS) is 11.8. The highest BCUT2D eigenvalue weighted by molar-refractivity contribution is 5.42. The topological polar surface area (TPSA) is 68.9 Å². The second kappa shape index (κ2) is 7.64. The molecule has 1 heterocycles. The van der Waals surface area contributed by atoms with Crippen LogP contribution in [0.5, 0.6) is 0 Å². The molecular weight excluding hydrogens is 214 g/mol. The lowest BCUT2D eigenvalue weighted by molar-refractivity contribution is 0.255. The molecule has 0 amide bonds. The molecule has 1 aromatic rings. The van der Waals surface area contributed by atoms with Gasteiger partial charge in [0.25, 0.3) is 0 Å². The molecule has 0 aliphatic heterocycles. The Kier molecular flexibility index (Phi) is 6.05. The zero-order chi connectivity index (χ0) is 12.5. The van der Waals surface area contributed by atoms with Crippen molar-refractivity contribution in [2.75, 3.05) is 18.5 Å². The molecule has 0 aromatic carbocycles. The zero-order valence-corrected chi connectivity index (χ0v) is 10.2. The first-order valence-corrected chi connectivity index (χ1v) is 6.01. The molecule has 0 spiro atoms. The van der Waals surface area contributed by atoms with E-state index in [1.165, 1.54) is 0 Å². The molecule has 0 bridgehead atoms. The number of aliphatic hydroxyl groups is 1. The maximum absolute atomic E-state index is 8.95. The van der Waals surface area contributed by atoms with Crippen molar-refractivity contribution in [3.05, 3.63) is 24.0 Å². The minimum absolute atomic E-state index is 0.234. The van der Waals surface area contributed by atoms with Crippen LogP contribution in [0, 0.1) is 17.2 Å². The lowest BCUT2D eigenvalue weighted by atomic mass is 10.0. The van der Waals surface area contributed by atoms with Crippen LogP contribution >= 0.6 is 0 Å². The molecule has 2 N–H and O–H groups in total. The van der Waals surface area contributed by atoms with Crippen molar-refractivity contribution >= 4 is 5.69 Å². The number of nitrogens with zero attached hydrogens (tertiary/aromatic N) is 2. The van der Waals surface area contributed by atoms with Gasteiger partial charge in [0.15, 0.2) is 0 Å². The highest BCUT2D eigenvalue weighted by Crippen LogP contribution is 2.13. The summed E-state index contributed by atoms with van der Waals surface area (Å²) in [4.78, 5) is 3.99. The number of aliphatic hydroxyl groups excluding tert-OH is 1. The zero-order valence-electron chi connectivity index (χ0n) is 10.2. The SMILES string of the molecule is CCCC(CCO)CNc1ccc(C#N)nc1. The van der Waals surface area contributed by atoms with E-state index in [4.69, 9.17) is 10.4 Å². The van der Waals surface area contributed by atoms with Crippen molar-refractivity contribution in [2.45, 2.75) is 26.2 Å². The standard InChI is InChI=1S/C13H19N3O/c1-2-3-11(6-7-17)9-15-13-5-4-12(8-14)16-10-13/h4-5,10-11,15,17H,2-3,6-7,9H2,1H3. The van der Waals surface area contributed by atoms with Gasteiger partial charge in [-0.1, -0.05) is 13.3 Å². The maximum atomic E-state index is 8.95. The van der Waals surface area contributed by atoms with E-state index in [2.05, 4.69) is 17.2 Å². The first-order chi connectivity index (χ1) is 8.30. The van der Waals surface area contributed by atoms with E-state index in [1.54, 1.807) is 12.3 Å². The summed E-state index contributed by atoms with van der Waals surface area (Å²) in [5.41, 5.74) is 1.35. The highest BCUT2D eigenvalue weighted by atomic mass is 16.3. The molecule has 0 saturated heterocycles. The van der Waals surface area contributed by atoms with Crippen molar-refractivity contribution in [1.29, 1.82) is 5.26 Å². The summed E-state index contributed by atoms with van der Waals surface area (Å²) < 4.78 is 0. The molecule has 0 saturated carbocycles. The Morgan fingerprint density at radius 2 is 2.29 bits per heavy atom. The molecule has 17 heavy (non-hydrogen) atoms. The minimum atomic E-state index is 0.234. The van der Waals surface area contributed by atoms with Gasteiger partial charge >= 0.3 is 0 Å². The van der Waals surface area contributed by atoms with Crippen LogP contribution in [0.15, 0.2) is 18.3 Å². The van der Waals surface area contributed by atoms with Crippen molar-refractivity contribution in [1.82, 2.24) is 4.98 Å². The van der Waals surface area contributed by atoms with Crippen LogP contribution in [-0.4, -0.2) is 23.2 Å². The number of nitriles is 1. The Hall–Kier alpha value is -1.60. The number of aromatic nitrogens is 1. The summed E-state index contributed by atoms with van der Waals surface area (Å²) in [5, 5.41) is 20.9. The number of pyridine rings is 1. The average Bonchev–Trinajstić information content (AvgIpc) is 2.37. The Morgan fingerprint density at radius 3 is 2.82 bits per heavy atom. The third-order valence-electron chi connectivity index (χ3n) is 2.71. The first-order valence-electron chi connectivity index (χ1n) is 6.01. The van der Waals surface area contributed by atoms with Gasteiger partial charge in [0.05, 0.1) is 11.9 Å². The molecule has 4 heteroatoms. The number of nitrogens with one attached hydrogen (secondary N) is 1. The van der Waals surface area contributed by atoms with E-state index < -0.39 is 0 Å². The smallest absolute Gasteiger partial charge is 0.140 e. The van der Waals surface area contributed by atoms with Gasteiger partial charge in [-0.15, -0.1) is 0 Å². The van der Waals surface area contributed by atoms with Gasteiger partial charge in [-0.2, -0.15) is 5.26 Å². The third kappa shape index (κ3) is 4.83. The van der Waals surface area contributed by atoms with E-state index in [0.29, 0.717) is 11.6 Å². The molecule has 0 fully saturated rings. The quantitative estimate of drug-likeness (QED) is 0.757. The van der Waals surface area contributed by atoms with E-state index in [-0.39, 0.29) is 6.61 Å². The molecule has 1 atom stereocenters. The van der Waals surface area contributed by atoms with Gasteiger partial charge in [-0.25, -0.2) is 4.98 Å². The van der Waals surface area contributed by atoms with Gasteiger partial charge in [-0.3, -0.25) is 0 Å². The number of anilines is 1. The Balaban J connectivity index is 2.44. The fourth-order valence-electron chi connectivity index (χ4n) is 1.77. The molecule has 0 aliphatic carbocycles. The Bertz CT molecular complexity index is 350. The minimum Gasteiger partial charge on any atom is -0.396 e. The summed E-state index contributed by atoms with van der Waals surface area (Å²) in [6.45, 7) is 3.22. The average molecular weight is 233 g/mol. The number of rotatable bonds is 7. The van der Waals surface area contributed by atoms with Crippen LogP contribution in [0.25, 0.3) is 0 Å². The van der Waals surface area contributed by atoms with Crippen LogP contribution in [0.3, 0.4) is 0 Å². The molecule has 1 rings (SSSR count). The summed E-state index contributed by atoms with van der Waals surface area (Å²) in [5.74, 6) is 0.487. The monoisotopic (exact) mass is 233 g/mol. The second-order valence-electron chi connectivity index (χ2n) is 4.09. The largest absolute Gasteiger partial charge is 0.396 e.